The fourth-order valence-electron chi connectivity index (χ4n) is 1.85. The number of rotatable bonds is 6. The predicted molar refractivity (Wildman–Crippen MR) is 93.6 cm³/mol. The van der Waals surface area contributed by atoms with Crippen molar-refractivity contribution in [1.29, 1.82) is 0 Å². The van der Waals surface area contributed by atoms with E-state index in [1.807, 2.05) is 32.9 Å². The second-order valence-electron chi connectivity index (χ2n) is 5.69. The zero-order valence-electron chi connectivity index (χ0n) is 14.5. The molecule has 1 aromatic rings. The Kier molecular flexibility index (Phi) is 7.61. The Morgan fingerprint density at radius 2 is 1.71 bits per heavy atom. The van der Waals surface area contributed by atoms with Crippen molar-refractivity contribution in [2.75, 3.05) is 5.32 Å². The van der Waals surface area contributed by atoms with Crippen LogP contribution in [0.3, 0.4) is 0 Å². The molecule has 0 fully saturated rings. The maximum absolute atomic E-state index is 11.8. The molecule has 0 atom stereocenters. The highest BCUT2D eigenvalue weighted by Crippen LogP contribution is 2.09. The van der Waals surface area contributed by atoms with Crippen molar-refractivity contribution >= 4 is 29.1 Å². The van der Waals surface area contributed by atoms with Crippen LogP contribution in [0.15, 0.2) is 29.4 Å². The number of hydrogen-bond donors (Lipinski definition) is 3. The van der Waals surface area contributed by atoms with Gasteiger partial charge in [0.2, 0.25) is 5.91 Å². The van der Waals surface area contributed by atoms with Gasteiger partial charge in [0.05, 0.1) is 6.42 Å². The van der Waals surface area contributed by atoms with E-state index in [1.165, 1.54) is 0 Å². The molecule has 130 valence electrons. The molecule has 0 unspecified atom stereocenters. The smallest absolute Gasteiger partial charge is 0.329 e. The Balaban J connectivity index is 2.49. The van der Waals surface area contributed by atoms with Crippen LogP contribution >= 0.6 is 0 Å². The normalized spacial score (nSPS) is 11.1. The summed E-state index contributed by atoms with van der Waals surface area (Å²) in [5.41, 5.74) is 4.21. The molecule has 3 amide bonds. The van der Waals surface area contributed by atoms with Gasteiger partial charge in [0.25, 0.3) is 0 Å². The quantitative estimate of drug-likeness (QED) is 0.419. The summed E-state index contributed by atoms with van der Waals surface area (Å²) in [4.78, 5) is 35.0. The molecule has 1 aromatic carbocycles. The van der Waals surface area contributed by atoms with Gasteiger partial charge < -0.3 is 10.6 Å². The van der Waals surface area contributed by atoms with E-state index in [4.69, 9.17) is 0 Å². The average molecular weight is 332 g/mol. The third kappa shape index (κ3) is 7.04. The summed E-state index contributed by atoms with van der Waals surface area (Å²) < 4.78 is 0. The van der Waals surface area contributed by atoms with Gasteiger partial charge in [-0.15, -0.1) is 0 Å². The summed E-state index contributed by atoms with van der Waals surface area (Å²) in [5.74, 6) is -1.90. The molecule has 0 spiro atoms. The fourth-order valence-corrected chi connectivity index (χ4v) is 1.85. The Hall–Kier alpha value is -2.70. The van der Waals surface area contributed by atoms with E-state index >= 15 is 0 Å². The third-order valence-electron chi connectivity index (χ3n) is 3.04. The number of nitrogens with one attached hydrogen (secondary N) is 3. The van der Waals surface area contributed by atoms with Crippen LogP contribution < -0.4 is 16.1 Å². The summed E-state index contributed by atoms with van der Waals surface area (Å²) in [6, 6.07) is 7.25. The van der Waals surface area contributed by atoms with Crippen molar-refractivity contribution in [2.45, 2.75) is 46.6 Å². The van der Waals surface area contributed by atoms with Crippen LogP contribution in [0.25, 0.3) is 0 Å². The van der Waals surface area contributed by atoms with Crippen molar-refractivity contribution in [1.82, 2.24) is 10.7 Å². The van der Waals surface area contributed by atoms with Crippen LogP contribution in [0.4, 0.5) is 5.69 Å². The number of carbonyl (C=O) groups excluding carboxylic acids is 3. The largest absolute Gasteiger partial charge is 0.354 e. The molecular formula is C17H24N4O3. The van der Waals surface area contributed by atoms with Gasteiger partial charge in [-0.2, -0.15) is 5.10 Å². The van der Waals surface area contributed by atoms with E-state index in [0.29, 0.717) is 11.4 Å². The summed E-state index contributed by atoms with van der Waals surface area (Å²) in [6.45, 7) is 7.33. The Morgan fingerprint density at radius 1 is 1.08 bits per heavy atom. The molecule has 0 aliphatic rings. The molecule has 1 rings (SSSR count). The Bertz CT molecular complexity index is 621. The number of hydrogen-bond acceptors (Lipinski definition) is 4. The van der Waals surface area contributed by atoms with Gasteiger partial charge in [0, 0.05) is 17.4 Å². The van der Waals surface area contributed by atoms with Crippen LogP contribution in [0.2, 0.25) is 0 Å². The number of aryl methyl sites for hydroxylation is 1. The summed E-state index contributed by atoms with van der Waals surface area (Å²) in [7, 11) is 0. The molecule has 3 N–H and O–H groups in total. The van der Waals surface area contributed by atoms with Crippen molar-refractivity contribution < 1.29 is 14.4 Å². The topological polar surface area (TPSA) is 99.7 Å². The first-order valence-electron chi connectivity index (χ1n) is 7.84. The molecule has 0 saturated heterocycles. The van der Waals surface area contributed by atoms with E-state index in [2.05, 4.69) is 21.2 Å². The van der Waals surface area contributed by atoms with Crippen molar-refractivity contribution in [3.05, 3.63) is 29.8 Å². The fraction of sp³-hybridized carbons (Fsp3) is 0.412. The summed E-state index contributed by atoms with van der Waals surface area (Å²) in [6.07, 6.45) is 0.950. The van der Waals surface area contributed by atoms with Gasteiger partial charge in [-0.1, -0.05) is 19.1 Å². The van der Waals surface area contributed by atoms with E-state index in [-0.39, 0.29) is 18.4 Å². The van der Waals surface area contributed by atoms with Crippen molar-refractivity contribution in [2.24, 2.45) is 5.10 Å². The maximum atomic E-state index is 11.8. The van der Waals surface area contributed by atoms with E-state index in [1.54, 1.807) is 19.1 Å². The summed E-state index contributed by atoms with van der Waals surface area (Å²) >= 11 is 0. The second-order valence-corrected chi connectivity index (χ2v) is 5.69. The van der Waals surface area contributed by atoms with Gasteiger partial charge in [0.15, 0.2) is 0 Å². The lowest BCUT2D eigenvalue weighted by atomic mass is 10.1. The molecular weight excluding hydrogens is 308 g/mol. The first-order valence-corrected chi connectivity index (χ1v) is 7.84. The minimum atomic E-state index is -0.891. The SMILES string of the molecule is CCc1ccc(NC(=O)C(=O)N/N=C(\C)CC(=O)NC(C)C)cc1. The highest BCUT2D eigenvalue weighted by Gasteiger charge is 2.13. The first-order chi connectivity index (χ1) is 11.3. The molecule has 0 aliphatic heterocycles. The van der Waals surface area contributed by atoms with Crippen LogP contribution in [0, 0.1) is 0 Å². The number of benzene rings is 1. The van der Waals surface area contributed by atoms with E-state index in [0.717, 1.165) is 12.0 Å². The molecule has 0 heterocycles. The first kappa shape index (κ1) is 19.3. The molecule has 24 heavy (non-hydrogen) atoms. The van der Waals surface area contributed by atoms with Gasteiger partial charge in [-0.05, 0) is 44.9 Å². The highest BCUT2D eigenvalue weighted by molar-refractivity contribution is 6.39. The third-order valence-corrected chi connectivity index (χ3v) is 3.04. The lowest BCUT2D eigenvalue weighted by Crippen LogP contribution is -2.34. The zero-order valence-corrected chi connectivity index (χ0v) is 14.5. The minimum Gasteiger partial charge on any atom is -0.354 e. The van der Waals surface area contributed by atoms with Crippen LogP contribution in [0.1, 0.15) is 39.7 Å². The number of carbonyl (C=O) groups is 3. The van der Waals surface area contributed by atoms with Crippen molar-refractivity contribution in [3.63, 3.8) is 0 Å². The number of hydrazone groups is 1. The van der Waals surface area contributed by atoms with Crippen molar-refractivity contribution in [3.8, 4) is 0 Å². The standard InChI is InChI=1S/C17H24N4O3/c1-5-13-6-8-14(9-7-13)19-16(23)17(24)21-20-12(4)10-15(22)18-11(2)3/h6-9,11H,5,10H2,1-4H3,(H,18,22)(H,19,23)(H,21,24)/b20-12+. The van der Waals surface area contributed by atoms with E-state index < -0.39 is 11.8 Å². The number of amides is 3. The molecule has 7 nitrogen and oxygen atoms in total. The predicted octanol–water partition coefficient (Wildman–Crippen LogP) is 1.59. The van der Waals surface area contributed by atoms with Gasteiger partial charge in [0.1, 0.15) is 0 Å². The molecule has 0 saturated carbocycles. The zero-order chi connectivity index (χ0) is 18.1. The Morgan fingerprint density at radius 3 is 2.25 bits per heavy atom. The average Bonchev–Trinajstić information content (AvgIpc) is 2.52. The minimum absolute atomic E-state index is 0.0322. The van der Waals surface area contributed by atoms with Crippen LogP contribution in [-0.2, 0) is 20.8 Å². The Labute approximate surface area is 141 Å². The van der Waals surface area contributed by atoms with Gasteiger partial charge >= 0.3 is 11.8 Å². The lowest BCUT2D eigenvalue weighted by Gasteiger charge is -2.08. The summed E-state index contributed by atoms with van der Waals surface area (Å²) in [5, 5.41) is 8.96. The van der Waals surface area contributed by atoms with Gasteiger partial charge in [-0.25, -0.2) is 5.43 Å². The lowest BCUT2D eigenvalue weighted by molar-refractivity contribution is -0.136. The molecule has 0 bridgehead atoms. The van der Waals surface area contributed by atoms with E-state index in [9.17, 15) is 14.4 Å². The van der Waals surface area contributed by atoms with Crippen LogP contribution in [0.5, 0.6) is 0 Å². The molecule has 0 aliphatic carbocycles. The second kappa shape index (κ2) is 9.44. The maximum Gasteiger partial charge on any atom is 0.329 e. The monoisotopic (exact) mass is 332 g/mol. The van der Waals surface area contributed by atoms with Crippen LogP contribution in [-0.4, -0.2) is 29.5 Å². The molecule has 0 aromatic heterocycles. The highest BCUT2D eigenvalue weighted by atomic mass is 16.2. The van der Waals surface area contributed by atoms with Gasteiger partial charge in [-0.3, -0.25) is 14.4 Å². The molecule has 0 radical (unpaired) electrons. The molecule has 7 heteroatoms. The number of nitrogens with zero attached hydrogens (tertiary/aromatic N) is 1. The number of anilines is 1.